The van der Waals surface area contributed by atoms with Crippen molar-refractivity contribution in [3.05, 3.63) is 106 Å². The second-order valence-electron chi connectivity index (χ2n) is 7.63. The molecule has 0 aliphatic heterocycles. The minimum Gasteiger partial charge on any atom is -0.399 e. The molecule has 0 unspecified atom stereocenters. The number of carbonyl (C=O) groups is 1. The molecule has 3 aromatic carbocycles. The number of nitrogens with one attached hydrogen (secondary N) is 1. The summed E-state index contributed by atoms with van der Waals surface area (Å²) in [5.74, 6) is 0.621. The van der Waals surface area contributed by atoms with Crippen molar-refractivity contribution in [2.75, 3.05) is 25.4 Å². The summed E-state index contributed by atoms with van der Waals surface area (Å²) >= 11 is 0. The van der Waals surface area contributed by atoms with Crippen LogP contribution in [0.25, 0.3) is 10.9 Å². The van der Waals surface area contributed by atoms with Crippen LogP contribution in [-0.4, -0.2) is 35.1 Å². The fourth-order valence-corrected chi connectivity index (χ4v) is 3.39. The molecule has 0 aliphatic rings. The van der Waals surface area contributed by atoms with Crippen molar-refractivity contribution in [2.24, 2.45) is 11.5 Å². The number of benzene rings is 3. The molecule has 0 radical (unpaired) electrons. The standard InChI is InChI=1S/C17H17N3O.C9H13N3O/c18-11-10-16-19-15-9-5-4-8-14(15)17(21)20(16)12-13-6-2-1-3-7-13;10-5-6-12-9(13)7-1-3-8(11)4-2-7/h1-9H,10-12,18H2;1-4H,5-6,10-11H2,(H,12,13). The smallest absolute Gasteiger partial charge is 0.261 e. The monoisotopic (exact) mass is 458 g/mol. The molecule has 1 amide bonds. The van der Waals surface area contributed by atoms with Crippen molar-refractivity contribution in [3.8, 4) is 0 Å². The summed E-state index contributed by atoms with van der Waals surface area (Å²) in [6.45, 7) is 1.93. The van der Waals surface area contributed by atoms with E-state index in [-0.39, 0.29) is 11.5 Å². The first-order valence-electron chi connectivity index (χ1n) is 11.1. The number of para-hydroxylation sites is 1. The van der Waals surface area contributed by atoms with E-state index in [0.29, 0.717) is 49.2 Å². The van der Waals surface area contributed by atoms with Crippen molar-refractivity contribution in [1.82, 2.24) is 14.9 Å². The van der Waals surface area contributed by atoms with Crippen LogP contribution in [0.4, 0.5) is 5.69 Å². The molecule has 1 heterocycles. The van der Waals surface area contributed by atoms with Crippen LogP contribution in [0, 0.1) is 0 Å². The van der Waals surface area contributed by atoms with Crippen LogP contribution in [0.1, 0.15) is 21.7 Å². The van der Waals surface area contributed by atoms with E-state index in [0.717, 1.165) is 16.9 Å². The van der Waals surface area contributed by atoms with Gasteiger partial charge >= 0.3 is 0 Å². The summed E-state index contributed by atoms with van der Waals surface area (Å²) in [7, 11) is 0. The van der Waals surface area contributed by atoms with Gasteiger partial charge in [0.25, 0.3) is 11.5 Å². The lowest BCUT2D eigenvalue weighted by Crippen LogP contribution is -2.28. The molecule has 0 spiro atoms. The lowest BCUT2D eigenvalue weighted by atomic mass is 10.2. The van der Waals surface area contributed by atoms with Crippen molar-refractivity contribution in [3.63, 3.8) is 0 Å². The average Bonchev–Trinajstić information content (AvgIpc) is 2.86. The fraction of sp³-hybridized carbons (Fsp3) is 0.192. The third-order valence-corrected chi connectivity index (χ3v) is 5.09. The molecule has 0 bridgehead atoms. The summed E-state index contributed by atoms with van der Waals surface area (Å²) in [6, 6.07) is 24.1. The van der Waals surface area contributed by atoms with Gasteiger partial charge in [-0.25, -0.2) is 4.98 Å². The van der Waals surface area contributed by atoms with Crippen LogP contribution in [0.2, 0.25) is 0 Å². The van der Waals surface area contributed by atoms with Gasteiger partial charge in [-0.2, -0.15) is 0 Å². The van der Waals surface area contributed by atoms with Gasteiger partial charge in [0, 0.05) is 30.8 Å². The van der Waals surface area contributed by atoms with Crippen molar-refractivity contribution >= 4 is 22.5 Å². The molecule has 1 aromatic heterocycles. The quantitative estimate of drug-likeness (QED) is 0.312. The minimum atomic E-state index is -0.120. The van der Waals surface area contributed by atoms with Gasteiger partial charge in [-0.3, -0.25) is 14.2 Å². The van der Waals surface area contributed by atoms with Gasteiger partial charge < -0.3 is 22.5 Å². The van der Waals surface area contributed by atoms with E-state index in [9.17, 15) is 9.59 Å². The Bertz CT molecular complexity index is 1270. The summed E-state index contributed by atoms with van der Waals surface area (Å²) in [6.07, 6.45) is 0.590. The zero-order valence-corrected chi connectivity index (χ0v) is 19.0. The van der Waals surface area contributed by atoms with Crippen molar-refractivity contribution < 1.29 is 4.79 Å². The van der Waals surface area contributed by atoms with Crippen LogP contribution in [0.15, 0.2) is 83.7 Å². The third-order valence-electron chi connectivity index (χ3n) is 5.09. The molecule has 4 aromatic rings. The number of nitrogens with zero attached hydrogens (tertiary/aromatic N) is 2. The van der Waals surface area contributed by atoms with Gasteiger partial charge in [-0.1, -0.05) is 42.5 Å². The van der Waals surface area contributed by atoms with Gasteiger partial charge in [0.2, 0.25) is 0 Å². The second kappa shape index (κ2) is 12.3. The predicted octanol–water partition coefficient (Wildman–Crippen LogP) is 1.90. The summed E-state index contributed by atoms with van der Waals surface area (Å²) in [4.78, 5) is 28.6. The van der Waals surface area contributed by atoms with Crippen LogP contribution < -0.4 is 28.1 Å². The van der Waals surface area contributed by atoms with Gasteiger partial charge in [0.05, 0.1) is 17.4 Å². The highest BCUT2D eigenvalue weighted by atomic mass is 16.1. The maximum Gasteiger partial charge on any atom is 0.261 e. The molecule has 4 rings (SSSR count). The van der Waals surface area contributed by atoms with E-state index in [4.69, 9.17) is 17.2 Å². The van der Waals surface area contributed by atoms with E-state index in [1.54, 1.807) is 28.8 Å². The summed E-state index contributed by atoms with van der Waals surface area (Å²) < 4.78 is 1.73. The highest BCUT2D eigenvalue weighted by Gasteiger charge is 2.10. The molecular weight excluding hydrogens is 428 g/mol. The molecule has 0 aliphatic carbocycles. The highest BCUT2D eigenvalue weighted by Crippen LogP contribution is 2.10. The molecule has 34 heavy (non-hydrogen) atoms. The average molecular weight is 459 g/mol. The first-order chi connectivity index (χ1) is 16.5. The SMILES string of the molecule is NCCNC(=O)c1ccc(N)cc1.NCCc1nc2ccccc2c(=O)n1Cc1ccccc1. The van der Waals surface area contributed by atoms with Crippen LogP contribution in [-0.2, 0) is 13.0 Å². The Kier molecular flexibility index (Phi) is 8.90. The van der Waals surface area contributed by atoms with E-state index in [1.807, 2.05) is 54.6 Å². The number of nitrogen functional groups attached to an aromatic ring is 1. The lowest BCUT2D eigenvalue weighted by Gasteiger charge is -2.13. The number of hydrogen-bond donors (Lipinski definition) is 4. The van der Waals surface area contributed by atoms with Crippen molar-refractivity contribution in [1.29, 1.82) is 0 Å². The molecular formula is C26H30N6O2. The molecule has 0 fully saturated rings. The first kappa shape index (κ1) is 24.6. The van der Waals surface area contributed by atoms with Gasteiger partial charge in [-0.05, 0) is 48.5 Å². The fourth-order valence-electron chi connectivity index (χ4n) is 3.39. The molecule has 0 saturated heterocycles. The minimum absolute atomic E-state index is 0.00657. The predicted molar refractivity (Wildman–Crippen MR) is 137 cm³/mol. The zero-order chi connectivity index (χ0) is 24.3. The third kappa shape index (κ3) is 6.50. The number of amides is 1. The van der Waals surface area contributed by atoms with Gasteiger partial charge in [0.15, 0.2) is 0 Å². The molecule has 7 N–H and O–H groups in total. The van der Waals surface area contributed by atoms with Crippen LogP contribution in [0.3, 0.4) is 0 Å². The summed E-state index contributed by atoms with van der Waals surface area (Å²) in [5.41, 5.74) is 19.4. The Labute approximate surface area is 198 Å². The largest absolute Gasteiger partial charge is 0.399 e. The maximum atomic E-state index is 12.7. The molecule has 176 valence electrons. The number of fused-ring (bicyclic) bond motifs is 1. The first-order valence-corrected chi connectivity index (χ1v) is 11.1. The Morgan fingerprint density at radius 2 is 1.56 bits per heavy atom. The van der Waals surface area contributed by atoms with Crippen LogP contribution in [0.5, 0.6) is 0 Å². The maximum absolute atomic E-state index is 12.7. The molecule has 8 nitrogen and oxygen atoms in total. The van der Waals surface area contributed by atoms with E-state index >= 15 is 0 Å². The highest BCUT2D eigenvalue weighted by molar-refractivity contribution is 5.94. The number of anilines is 1. The topological polar surface area (TPSA) is 142 Å². The Morgan fingerprint density at radius 3 is 2.24 bits per heavy atom. The van der Waals surface area contributed by atoms with E-state index in [1.165, 1.54) is 0 Å². The molecule has 8 heteroatoms. The Balaban J connectivity index is 0.000000215. The second-order valence-corrected chi connectivity index (χ2v) is 7.63. The van der Waals surface area contributed by atoms with Crippen LogP contribution >= 0.6 is 0 Å². The lowest BCUT2D eigenvalue weighted by molar-refractivity contribution is 0.0955. The number of nitrogens with two attached hydrogens (primary N) is 3. The van der Waals surface area contributed by atoms with Gasteiger partial charge in [0.1, 0.15) is 5.82 Å². The van der Waals surface area contributed by atoms with E-state index in [2.05, 4.69) is 10.3 Å². The Hall–Kier alpha value is -4.01. The number of carbonyl (C=O) groups excluding carboxylic acids is 1. The molecule has 0 saturated carbocycles. The number of hydrogen-bond acceptors (Lipinski definition) is 6. The van der Waals surface area contributed by atoms with Gasteiger partial charge in [-0.15, -0.1) is 0 Å². The number of aromatic nitrogens is 2. The van der Waals surface area contributed by atoms with E-state index < -0.39 is 0 Å². The van der Waals surface area contributed by atoms with Crippen molar-refractivity contribution in [2.45, 2.75) is 13.0 Å². The molecule has 0 atom stereocenters. The summed E-state index contributed by atoms with van der Waals surface area (Å²) in [5, 5.41) is 3.31. The normalized spacial score (nSPS) is 10.4. The zero-order valence-electron chi connectivity index (χ0n) is 19.0. The Morgan fingerprint density at radius 1 is 0.882 bits per heavy atom. The number of rotatable bonds is 7.